The predicted octanol–water partition coefficient (Wildman–Crippen LogP) is 1.94. The van der Waals surface area contributed by atoms with Gasteiger partial charge in [0.1, 0.15) is 12.4 Å². The van der Waals surface area contributed by atoms with Crippen LogP contribution in [0.2, 0.25) is 0 Å². The SMILES string of the molecule is CCNC(=NCc1ccc(C)cc1OCCOC)NCC1(O)CCSC1. The van der Waals surface area contributed by atoms with Gasteiger partial charge in [0.25, 0.3) is 0 Å². The Balaban J connectivity index is 2.01. The second-order valence-corrected chi connectivity index (χ2v) is 7.63. The summed E-state index contributed by atoms with van der Waals surface area (Å²) in [5, 5.41) is 17.0. The Bertz CT molecular complexity index is 589. The molecule has 26 heavy (non-hydrogen) atoms. The molecule has 0 spiro atoms. The average molecular weight is 382 g/mol. The van der Waals surface area contributed by atoms with Gasteiger partial charge in [-0.05, 0) is 37.7 Å². The van der Waals surface area contributed by atoms with E-state index in [2.05, 4.69) is 21.7 Å². The number of benzene rings is 1. The van der Waals surface area contributed by atoms with Crippen molar-refractivity contribution >= 4 is 17.7 Å². The van der Waals surface area contributed by atoms with Gasteiger partial charge in [0.05, 0.1) is 18.8 Å². The maximum absolute atomic E-state index is 10.5. The smallest absolute Gasteiger partial charge is 0.191 e. The molecule has 1 unspecified atom stereocenters. The summed E-state index contributed by atoms with van der Waals surface area (Å²) in [5.41, 5.74) is 1.54. The van der Waals surface area contributed by atoms with Gasteiger partial charge in [0, 0.05) is 31.5 Å². The van der Waals surface area contributed by atoms with Crippen molar-refractivity contribution in [2.45, 2.75) is 32.4 Å². The molecule has 146 valence electrons. The molecule has 6 nitrogen and oxygen atoms in total. The fourth-order valence-electron chi connectivity index (χ4n) is 2.65. The zero-order valence-corrected chi connectivity index (χ0v) is 16.8. The van der Waals surface area contributed by atoms with Crippen molar-refractivity contribution in [3.63, 3.8) is 0 Å². The van der Waals surface area contributed by atoms with Gasteiger partial charge in [-0.3, -0.25) is 0 Å². The Kier molecular flexibility index (Phi) is 8.54. The van der Waals surface area contributed by atoms with Gasteiger partial charge in [0.15, 0.2) is 5.96 Å². The second kappa shape index (κ2) is 10.6. The zero-order chi connectivity index (χ0) is 18.8. The number of methoxy groups -OCH3 is 1. The first-order valence-corrected chi connectivity index (χ1v) is 10.3. The first kappa shape index (κ1) is 20.9. The van der Waals surface area contributed by atoms with E-state index >= 15 is 0 Å². The van der Waals surface area contributed by atoms with Crippen molar-refractivity contribution in [3.05, 3.63) is 29.3 Å². The van der Waals surface area contributed by atoms with Gasteiger partial charge >= 0.3 is 0 Å². The number of nitrogens with zero attached hydrogens (tertiary/aromatic N) is 1. The van der Waals surface area contributed by atoms with E-state index in [1.807, 2.05) is 26.0 Å². The normalized spacial score (nSPS) is 20.2. The number of aliphatic hydroxyl groups is 1. The van der Waals surface area contributed by atoms with Crippen LogP contribution in [0.25, 0.3) is 0 Å². The molecule has 0 aliphatic carbocycles. The lowest BCUT2D eigenvalue weighted by molar-refractivity contribution is 0.0724. The van der Waals surface area contributed by atoms with Gasteiger partial charge < -0.3 is 25.2 Å². The number of guanidine groups is 1. The van der Waals surface area contributed by atoms with Crippen molar-refractivity contribution < 1.29 is 14.6 Å². The molecule has 0 bridgehead atoms. The molecule has 1 aromatic carbocycles. The summed E-state index contributed by atoms with van der Waals surface area (Å²) in [6.07, 6.45) is 0.819. The summed E-state index contributed by atoms with van der Waals surface area (Å²) in [6, 6.07) is 6.14. The largest absolute Gasteiger partial charge is 0.491 e. The van der Waals surface area contributed by atoms with Gasteiger partial charge in [-0.25, -0.2) is 4.99 Å². The number of hydrogen-bond acceptors (Lipinski definition) is 5. The van der Waals surface area contributed by atoms with E-state index in [4.69, 9.17) is 9.47 Å². The van der Waals surface area contributed by atoms with E-state index in [1.54, 1.807) is 18.9 Å². The molecule has 1 atom stereocenters. The lowest BCUT2D eigenvalue weighted by Gasteiger charge is -2.23. The van der Waals surface area contributed by atoms with Crippen LogP contribution >= 0.6 is 11.8 Å². The minimum absolute atomic E-state index is 0.505. The molecule has 2 rings (SSSR count). The van der Waals surface area contributed by atoms with Crippen molar-refractivity contribution in [1.82, 2.24) is 10.6 Å². The monoisotopic (exact) mass is 381 g/mol. The molecular formula is C19H31N3O3S. The van der Waals surface area contributed by atoms with Crippen LogP contribution in [0.15, 0.2) is 23.2 Å². The standard InChI is InChI=1S/C19H31N3O3S/c1-4-20-18(22-13-19(23)7-10-26-14-19)21-12-16-6-5-15(2)11-17(16)25-9-8-24-3/h5-6,11,23H,4,7-10,12-14H2,1-3H3,(H2,20,21,22). The Morgan fingerprint density at radius 1 is 1.35 bits per heavy atom. The van der Waals surface area contributed by atoms with Crippen LogP contribution < -0.4 is 15.4 Å². The average Bonchev–Trinajstić information content (AvgIpc) is 3.06. The third kappa shape index (κ3) is 6.70. The third-order valence-corrected chi connectivity index (χ3v) is 5.42. The van der Waals surface area contributed by atoms with Gasteiger partial charge in [-0.2, -0.15) is 11.8 Å². The highest BCUT2D eigenvalue weighted by Crippen LogP contribution is 2.27. The molecule has 0 aromatic heterocycles. The number of hydrogen-bond donors (Lipinski definition) is 3. The number of aryl methyl sites for hydroxylation is 1. The molecule has 0 amide bonds. The number of aliphatic imine (C=N–C) groups is 1. The molecule has 1 aliphatic rings. The van der Waals surface area contributed by atoms with E-state index in [1.165, 1.54) is 0 Å². The van der Waals surface area contributed by atoms with Crippen LogP contribution in [0.1, 0.15) is 24.5 Å². The maximum atomic E-state index is 10.5. The molecular weight excluding hydrogens is 350 g/mol. The number of rotatable bonds is 9. The fourth-order valence-corrected chi connectivity index (χ4v) is 3.95. The molecule has 0 saturated carbocycles. The molecule has 1 fully saturated rings. The topological polar surface area (TPSA) is 75.1 Å². The predicted molar refractivity (Wildman–Crippen MR) is 108 cm³/mol. The Morgan fingerprint density at radius 3 is 2.88 bits per heavy atom. The van der Waals surface area contributed by atoms with Gasteiger partial charge in [-0.15, -0.1) is 0 Å². The van der Waals surface area contributed by atoms with Crippen LogP contribution in [-0.2, 0) is 11.3 Å². The summed E-state index contributed by atoms with van der Waals surface area (Å²) in [5.74, 6) is 3.33. The number of nitrogens with one attached hydrogen (secondary N) is 2. The van der Waals surface area contributed by atoms with E-state index in [0.29, 0.717) is 32.3 Å². The molecule has 1 saturated heterocycles. The van der Waals surface area contributed by atoms with Crippen LogP contribution in [0.3, 0.4) is 0 Å². The lowest BCUT2D eigenvalue weighted by Crippen LogP contribution is -2.47. The molecule has 1 aliphatic heterocycles. The lowest BCUT2D eigenvalue weighted by atomic mass is 10.0. The van der Waals surface area contributed by atoms with Crippen molar-refractivity contribution in [3.8, 4) is 5.75 Å². The first-order valence-electron chi connectivity index (χ1n) is 9.10. The Morgan fingerprint density at radius 2 is 2.19 bits per heavy atom. The number of thioether (sulfide) groups is 1. The fraction of sp³-hybridized carbons (Fsp3) is 0.632. The summed E-state index contributed by atoms with van der Waals surface area (Å²) in [7, 11) is 1.66. The Labute approximate surface area is 160 Å². The highest BCUT2D eigenvalue weighted by molar-refractivity contribution is 7.99. The van der Waals surface area contributed by atoms with Crippen molar-refractivity contribution in [1.29, 1.82) is 0 Å². The van der Waals surface area contributed by atoms with Crippen molar-refractivity contribution in [2.75, 3.05) is 44.9 Å². The van der Waals surface area contributed by atoms with Crippen LogP contribution in [0.4, 0.5) is 0 Å². The maximum Gasteiger partial charge on any atom is 0.191 e. The van der Waals surface area contributed by atoms with E-state index in [9.17, 15) is 5.11 Å². The third-order valence-electron chi connectivity index (χ3n) is 4.19. The molecule has 3 N–H and O–H groups in total. The van der Waals surface area contributed by atoms with E-state index in [0.717, 1.165) is 41.3 Å². The molecule has 0 radical (unpaired) electrons. The quantitative estimate of drug-likeness (QED) is 0.345. The minimum Gasteiger partial charge on any atom is -0.491 e. The highest BCUT2D eigenvalue weighted by Gasteiger charge is 2.31. The molecule has 1 heterocycles. The van der Waals surface area contributed by atoms with Crippen molar-refractivity contribution in [2.24, 2.45) is 4.99 Å². The first-order chi connectivity index (χ1) is 12.6. The van der Waals surface area contributed by atoms with Gasteiger partial charge in [-0.1, -0.05) is 12.1 Å². The summed E-state index contributed by atoms with van der Waals surface area (Å²) in [4.78, 5) is 4.66. The highest BCUT2D eigenvalue weighted by atomic mass is 32.2. The van der Waals surface area contributed by atoms with Crippen LogP contribution in [0, 0.1) is 6.92 Å². The molecule has 1 aromatic rings. The molecule has 7 heteroatoms. The van der Waals surface area contributed by atoms with E-state index < -0.39 is 5.60 Å². The summed E-state index contributed by atoms with van der Waals surface area (Å²) in [6.45, 7) is 6.92. The van der Waals surface area contributed by atoms with Crippen LogP contribution in [-0.4, -0.2) is 61.6 Å². The summed E-state index contributed by atoms with van der Waals surface area (Å²) < 4.78 is 10.9. The minimum atomic E-state index is -0.640. The van der Waals surface area contributed by atoms with Gasteiger partial charge in [0.2, 0.25) is 0 Å². The number of ether oxygens (including phenoxy) is 2. The zero-order valence-electron chi connectivity index (χ0n) is 16.0. The van der Waals surface area contributed by atoms with Crippen LogP contribution in [0.5, 0.6) is 5.75 Å². The van der Waals surface area contributed by atoms with E-state index in [-0.39, 0.29) is 0 Å². The summed E-state index contributed by atoms with van der Waals surface area (Å²) >= 11 is 1.79. The Hall–Kier alpha value is -1.44. The second-order valence-electron chi connectivity index (χ2n) is 6.53.